The van der Waals surface area contributed by atoms with E-state index in [0.717, 1.165) is 11.3 Å². The summed E-state index contributed by atoms with van der Waals surface area (Å²) in [5, 5.41) is 13.6. The van der Waals surface area contributed by atoms with Crippen LogP contribution in [0, 0.1) is 5.82 Å². The first-order valence-electron chi connectivity index (χ1n) is 5.89. The number of benzene rings is 1. The van der Waals surface area contributed by atoms with Gasteiger partial charge < -0.3 is 15.4 Å². The fourth-order valence-electron chi connectivity index (χ4n) is 1.45. The van der Waals surface area contributed by atoms with Crippen LogP contribution in [0.15, 0.2) is 18.2 Å². The van der Waals surface area contributed by atoms with Crippen LogP contribution in [0.25, 0.3) is 0 Å². The summed E-state index contributed by atoms with van der Waals surface area (Å²) >= 11 is 1.11. The number of nitrogens with one attached hydrogen (secondary N) is 2. The van der Waals surface area contributed by atoms with Crippen LogP contribution in [0.4, 0.5) is 15.2 Å². The third kappa shape index (κ3) is 3.21. The molecule has 2 N–H and O–H groups in total. The van der Waals surface area contributed by atoms with Gasteiger partial charge in [0.2, 0.25) is 10.1 Å². The Hall–Kier alpha value is -2.22. The smallest absolute Gasteiger partial charge is 0.286 e. The summed E-state index contributed by atoms with van der Waals surface area (Å²) in [6, 6.07) is 4.22. The maximum absolute atomic E-state index is 13.6. The summed E-state index contributed by atoms with van der Waals surface area (Å²) in [5.74, 6) is -0.815. The lowest BCUT2D eigenvalue weighted by molar-refractivity contribution is 0.102. The summed E-state index contributed by atoms with van der Waals surface area (Å²) < 4.78 is 18.7. The van der Waals surface area contributed by atoms with Crippen molar-refractivity contribution in [2.24, 2.45) is 0 Å². The second kappa shape index (κ2) is 6.29. The molecular weight excluding hydrogens is 283 g/mol. The van der Waals surface area contributed by atoms with Crippen LogP contribution < -0.4 is 15.4 Å². The van der Waals surface area contributed by atoms with Crippen LogP contribution in [-0.2, 0) is 0 Å². The molecule has 106 valence electrons. The topological polar surface area (TPSA) is 76.1 Å². The van der Waals surface area contributed by atoms with Gasteiger partial charge >= 0.3 is 0 Å². The van der Waals surface area contributed by atoms with Gasteiger partial charge in [-0.15, -0.1) is 10.2 Å². The van der Waals surface area contributed by atoms with E-state index < -0.39 is 11.7 Å². The minimum atomic E-state index is -0.530. The summed E-state index contributed by atoms with van der Waals surface area (Å²) in [6.45, 7) is 2.14. The number of nitrogens with zero attached hydrogens (tertiary/aromatic N) is 2. The highest BCUT2D eigenvalue weighted by Gasteiger charge is 2.13. The van der Waals surface area contributed by atoms with E-state index in [1.807, 2.05) is 0 Å². The Morgan fingerprint density at radius 2 is 2.25 bits per heavy atom. The largest absolute Gasteiger partial charge is 0.491 e. The zero-order chi connectivity index (χ0) is 14.5. The molecule has 20 heavy (non-hydrogen) atoms. The van der Waals surface area contributed by atoms with Gasteiger partial charge in [0, 0.05) is 18.8 Å². The van der Waals surface area contributed by atoms with Gasteiger partial charge in [0.05, 0.1) is 6.61 Å². The number of hydrogen-bond donors (Lipinski definition) is 2. The van der Waals surface area contributed by atoms with Crippen LogP contribution in [0.3, 0.4) is 0 Å². The van der Waals surface area contributed by atoms with Gasteiger partial charge in [-0.3, -0.25) is 4.79 Å². The van der Waals surface area contributed by atoms with E-state index in [1.165, 1.54) is 12.1 Å². The maximum atomic E-state index is 13.6. The SMILES string of the molecule is CCOc1ccc(NC(=O)c2nnc(NC)s2)cc1F. The molecule has 8 heteroatoms. The molecule has 2 rings (SSSR count). The van der Waals surface area contributed by atoms with E-state index in [0.29, 0.717) is 17.4 Å². The lowest BCUT2D eigenvalue weighted by Gasteiger charge is -2.07. The van der Waals surface area contributed by atoms with E-state index in [2.05, 4.69) is 20.8 Å². The van der Waals surface area contributed by atoms with E-state index in [-0.39, 0.29) is 10.8 Å². The fourth-order valence-corrected chi connectivity index (χ4v) is 2.04. The van der Waals surface area contributed by atoms with E-state index in [9.17, 15) is 9.18 Å². The number of ether oxygens (including phenoxy) is 1. The van der Waals surface area contributed by atoms with Crippen molar-refractivity contribution in [3.05, 3.63) is 29.0 Å². The van der Waals surface area contributed by atoms with E-state index in [4.69, 9.17) is 4.74 Å². The Morgan fingerprint density at radius 3 is 2.85 bits per heavy atom. The first-order valence-corrected chi connectivity index (χ1v) is 6.70. The molecule has 1 aromatic heterocycles. The minimum absolute atomic E-state index is 0.152. The van der Waals surface area contributed by atoms with Crippen molar-refractivity contribution in [1.82, 2.24) is 10.2 Å². The Labute approximate surface area is 119 Å². The molecule has 1 aromatic carbocycles. The molecule has 0 aliphatic heterocycles. The number of halogens is 1. The highest BCUT2D eigenvalue weighted by Crippen LogP contribution is 2.22. The molecule has 1 amide bonds. The van der Waals surface area contributed by atoms with E-state index >= 15 is 0 Å². The molecule has 0 spiro atoms. The lowest BCUT2D eigenvalue weighted by Crippen LogP contribution is -2.11. The summed E-state index contributed by atoms with van der Waals surface area (Å²) in [6.07, 6.45) is 0. The quantitative estimate of drug-likeness (QED) is 0.886. The average Bonchev–Trinajstić information content (AvgIpc) is 2.91. The van der Waals surface area contributed by atoms with Gasteiger partial charge in [0.15, 0.2) is 11.6 Å². The maximum Gasteiger partial charge on any atom is 0.286 e. The van der Waals surface area contributed by atoms with Crippen LogP contribution in [-0.4, -0.2) is 29.8 Å². The van der Waals surface area contributed by atoms with E-state index in [1.54, 1.807) is 20.0 Å². The van der Waals surface area contributed by atoms with Gasteiger partial charge in [-0.25, -0.2) is 4.39 Å². The summed E-state index contributed by atoms with van der Waals surface area (Å²) in [4.78, 5) is 11.9. The Kier molecular flexibility index (Phi) is 4.46. The van der Waals surface area contributed by atoms with Gasteiger partial charge in [-0.1, -0.05) is 11.3 Å². The fraction of sp³-hybridized carbons (Fsp3) is 0.250. The van der Waals surface area contributed by atoms with Crippen LogP contribution in [0.2, 0.25) is 0 Å². The van der Waals surface area contributed by atoms with Crippen molar-refractivity contribution in [2.75, 3.05) is 24.3 Å². The molecule has 0 aliphatic rings. The molecule has 1 heterocycles. The van der Waals surface area contributed by atoms with Crippen molar-refractivity contribution in [2.45, 2.75) is 6.92 Å². The number of hydrogen-bond acceptors (Lipinski definition) is 6. The molecule has 6 nitrogen and oxygen atoms in total. The van der Waals surface area contributed by atoms with Crippen molar-refractivity contribution in [3.8, 4) is 5.75 Å². The average molecular weight is 296 g/mol. The van der Waals surface area contributed by atoms with Crippen LogP contribution >= 0.6 is 11.3 Å². The second-order valence-corrected chi connectivity index (χ2v) is 4.67. The lowest BCUT2D eigenvalue weighted by atomic mass is 10.3. The van der Waals surface area contributed by atoms with Crippen LogP contribution in [0.5, 0.6) is 5.75 Å². The molecule has 2 aromatic rings. The highest BCUT2D eigenvalue weighted by atomic mass is 32.1. The Balaban J connectivity index is 2.09. The zero-order valence-electron chi connectivity index (χ0n) is 10.9. The second-order valence-electron chi connectivity index (χ2n) is 3.69. The highest BCUT2D eigenvalue weighted by molar-refractivity contribution is 7.17. The third-order valence-corrected chi connectivity index (χ3v) is 3.26. The molecule has 0 aliphatic carbocycles. The number of amides is 1. The number of rotatable bonds is 5. The number of carbonyl (C=O) groups excluding carboxylic acids is 1. The molecule has 0 saturated heterocycles. The molecule has 0 fully saturated rings. The van der Waals surface area contributed by atoms with Crippen molar-refractivity contribution in [1.29, 1.82) is 0 Å². The molecule has 0 bridgehead atoms. The van der Waals surface area contributed by atoms with Gasteiger partial charge in [-0.05, 0) is 19.1 Å². The monoisotopic (exact) mass is 296 g/mol. The number of aromatic nitrogens is 2. The molecule has 0 radical (unpaired) electrons. The number of carbonyl (C=O) groups is 1. The molecule has 0 atom stereocenters. The minimum Gasteiger partial charge on any atom is -0.491 e. The van der Waals surface area contributed by atoms with Crippen molar-refractivity contribution < 1.29 is 13.9 Å². The van der Waals surface area contributed by atoms with Gasteiger partial charge in [0.25, 0.3) is 5.91 Å². The third-order valence-electron chi connectivity index (χ3n) is 2.32. The van der Waals surface area contributed by atoms with Gasteiger partial charge in [-0.2, -0.15) is 0 Å². The normalized spacial score (nSPS) is 10.2. The Bertz CT molecular complexity index is 617. The number of anilines is 2. The van der Waals surface area contributed by atoms with Crippen molar-refractivity contribution in [3.63, 3.8) is 0 Å². The molecular formula is C12H13FN4O2S. The van der Waals surface area contributed by atoms with Gasteiger partial charge in [0.1, 0.15) is 0 Å². The van der Waals surface area contributed by atoms with Crippen LogP contribution in [0.1, 0.15) is 16.7 Å². The predicted octanol–water partition coefficient (Wildman–Crippen LogP) is 2.37. The summed E-state index contributed by atoms with van der Waals surface area (Å²) in [7, 11) is 1.68. The first-order chi connectivity index (χ1) is 9.63. The standard InChI is InChI=1S/C12H13FN4O2S/c1-3-19-9-5-4-7(6-8(9)13)15-10(18)11-16-17-12(14-2)20-11/h4-6H,3H2,1-2H3,(H,14,17)(H,15,18). The molecule has 0 saturated carbocycles. The predicted molar refractivity (Wildman–Crippen MR) is 75.0 cm³/mol. The summed E-state index contributed by atoms with van der Waals surface area (Å²) in [5.41, 5.74) is 0.331. The Morgan fingerprint density at radius 1 is 1.45 bits per heavy atom. The molecule has 0 unspecified atom stereocenters. The first kappa shape index (κ1) is 14.2. The zero-order valence-corrected chi connectivity index (χ0v) is 11.8. The van der Waals surface area contributed by atoms with Crippen molar-refractivity contribution >= 4 is 28.1 Å².